The molecule has 0 unspecified atom stereocenters. The molecule has 0 bridgehead atoms. The third kappa shape index (κ3) is 4.98. The number of hydrogen-bond donors (Lipinski definition) is 1. The van der Waals surface area contributed by atoms with Crippen LogP contribution in [0, 0.1) is 16.0 Å². The van der Waals surface area contributed by atoms with Crippen molar-refractivity contribution < 1.29 is 9.72 Å². The van der Waals surface area contributed by atoms with E-state index in [0.717, 1.165) is 12.8 Å². The van der Waals surface area contributed by atoms with Gasteiger partial charge in [-0.2, -0.15) is 0 Å². The van der Waals surface area contributed by atoms with Crippen LogP contribution in [0.15, 0.2) is 22.7 Å². The van der Waals surface area contributed by atoms with Crippen molar-refractivity contribution in [3.05, 3.63) is 38.3 Å². The van der Waals surface area contributed by atoms with Crippen molar-refractivity contribution in [3.8, 4) is 0 Å². The van der Waals surface area contributed by atoms with Gasteiger partial charge in [0.25, 0.3) is 11.6 Å². The van der Waals surface area contributed by atoms with Crippen LogP contribution < -0.4 is 5.32 Å². The number of carbonyl (C=O) groups is 1. The van der Waals surface area contributed by atoms with Gasteiger partial charge in [0.1, 0.15) is 0 Å². The molecule has 0 atom stereocenters. The molecule has 1 amide bonds. The number of nitro benzene ring substituents is 1. The number of non-ortho nitro benzene ring substituents is 1. The molecule has 0 heterocycles. The van der Waals surface area contributed by atoms with Gasteiger partial charge in [-0.1, -0.05) is 13.8 Å². The Kier molecular flexibility index (Phi) is 5.95. The van der Waals surface area contributed by atoms with Gasteiger partial charge in [-0.25, -0.2) is 0 Å². The van der Waals surface area contributed by atoms with Gasteiger partial charge in [-0.05, 0) is 40.8 Å². The molecular formula is C13H17BrN2O3. The minimum absolute atomic E-state index is 0.0875. The molecule has 1 N–H and O–H groups in total. The maximum absolute atomic E-state index is 11.9. The van der Waals surface area contributed by atoms with Crippen LogP contribution >= 0.6 is 15.9 Å². The van der Waals surface area contributed by atoms with Crippen LogP contribution in [0.5, 0.6) is 0 Å². The van der Waals surface area contributed by atoms with E-state index in [1.54, 1.807) is 0 Å². The summed E-state index contributed by atoms with van der Waals surface area (Å²) in [6, 6.07) is 4.16. The van der Waals surface area contributed by atoms with Crippen LogP contribution in [0.4, 0.5) is 5.69 Å². The van der Waals surface area contributed by atoms with Crippen molar-refractivity contribution >= 4 is 27.5 Å². The van der Waals surface area contributed by atoms with Crippen molar-refractivity contribution in [3.63, 3.8) is 0 Å². The van der Waals surface area contributed by atoms with Crippen LogP contribution in [0.1, 0.15) is 37.0 Å². The monoisotopic (exact) mass is 328 g/mol. The predicted octanol–water partition coefficient (Wildman–Crippen LogP) is 3.52. The van der Waals surface area contributed by atoms with Gasteiger partial charge in [0.2, 0.25) is 0 Å². The molecule has 0 saturated carbocycles. The molecule has 0 fully saturated rings. The molecular weight excluding hydrogens is 312 g/mol. The maximum atomic E-state index is 11.9. The lowest BCUT2D eigenvalue weighted by Crippen LogP contribution is -2.25. The first-order valence-corrected chi connectivity index (χ1v) is 6.93. The van der Waals surface area contributed by atoms with Crippen molar-refractivity contribution in [1.29, 1.82) is 0 Å². The van der Waals surface area contributed by atoms with E-state index in [9.17, 15) is 14.9 Å². The van der Waals surface area contributed by atoms with Crippen LogP contribution in [-0.2, 0) is 0 Å². The summed E-state index contributed by atoms with van der Waals surface area (Å²) in [6.45, 7) is 4.82. The lowest BCUT2D eigenvalue weighted by Gasteiger charge is -2.08. The number of halogens is 1. The first-order valence-electron chi connectivity index (χ1n) is 6.14. The quantitative estimate of drug-likeness (QED) is 0.493. The number of amides is 1. The Morgan fingerprint density at radius 2 is 2.16 bits per heavy atom. The second kappa shape index (κ2) is 7.23. The predicted molar refractivity (Wildman–Crippen MR) is 77.2 cm³/mol. The van der Waals surface area contributed by atoms with E-state index < -0.39 is 4.92 Å². The van der Waals surface area contributed by atoms with Crippen molar-refractivity contribution in [1.82, 2.24) is 5.32 Å². The third-order valence-electron chi connectivity index (χ3n) is 2.65. The molecule has 0 spiro atoms. The van der Waals surface area contributed by atoms with Gasteiger partial charge in [0.15, 0.2) is 0 Å². The van der Waals surface area contributed by atoms with Gasteiger partial charge in [0.05, 0.1) is 10.5 Å². The Hall–Kier alpha value is -1.43. The Balaban J connectivity index is 2.66. The summed E-state index contributed by atoms with van der Waals surface area (Å²) in [4.78, 5) is 22.1. The summed E-state index contributed by atoms with van der Waals surface area (Å²) in [5.74, 6) is 0.306. The summed E-state index contributed by atoms with van der Waals surface area (Å²) >= 11 is 3.23. The number of nitrogens with zero attached hydrogens (tertiary/aromatic N) is 1. The zero-order chi connectivity index (χ0) is 14.4. The highest BCUT2D eigenvalue weighted by atomic mass is 79.9. The largest absolute Gasteiger partial charge is 0.352 e. The topological polar surface area (TPSA) is 72.2 Å². The standard InChI is InChI=1S/C13H17BrN2O3/c1-9(2)4-3-7-15-13(17)11-8-10(16(18)19)5-6-12(11)14/h5-6,8-9H,3-4,7H2,1-2H3,(H,15,17). The highest BCUT2D eigenvalue weighted by molar-refractivity contribution is 9.10. The molecule has 104 valence electrons. The van der Waals surface area contributed by atoms with E-state index in [4.69, 9.17) is 0 Å². The summed E-state index contributed by atoms with van der Waals surface area (Å²) in [5, 5.41) is 13.5. The van der Waals surface area contributed by atoms with E-state index >= 15 is 0 Å². The van der Waals surface area contributed by atoms with E-state index in [2.05, 4.69) is 35.1 Å². The number of carbonyl (C=O) groups excluding carboxylic acids is 1. The number of hydrogen-bond acceptors (Lipinski definition) is 3. The average molecular weight is 329 g/mol. The smallest absolute Gasteiger partial charge is 0.270 e. The second-order valence-corrected chi connectivity index (χ2v) is 5.57. The van der Waals surface area contributed by atoms with Gasteiger partial charge >= 0.3 is 0 Å². The Bertz CT molecular complexity index is 475. The maximum Gasteiger partial charge on any atom is 0.270 e. The second-order valence-electron chi connectivity index (χ2n) is 4.71. The minimum atomic E-state index is -0.512. The zero-order valence-electron chi connectivity index (χ0n) is 11.0. The fourth-order valence-corrected chi connectivity index (χ4v) is 2.03. The number of benzene rings is 1. The van der Waals surface area contributed by atoms with Crippen molar-refractivity contribution in [2.45, 2.75) is 26.7 Å². The first kappa shape index (κ1) is 15.6. The summed E-state index contributed by atoms with van der Waals surface area (Å²) in [7, 11) is 0. The highest BCUT2D eigenvalue weighted by Crippen LogP contribution is 2.22. The fourth-order valence-electron chi connectivity index (χ4n) is 1.61. The third-order valence-corrected chi connectivity index (χ3v) is 3.34. The van der Waals surface area contributed by atoms with E-state index in [1.807, 2.05) is 0 Å². The molecule has 0 aliphatic rings. The Morgan fingerprint density at radius 1 is 1.47 bits per heavy atom. The molecule has 0 aromatic heterocycles. The SMILES string of the molecule is CC(C)CCCNC(=O)c1cc([N+](=O)[O-])ccc1Br. The van der Waals surface area contributed by atoms with Gasteiger partial charge in [-0.15, -0.1) is 0 Å². The van der Waals surface area contributed by atoms with Gasteiger partial charge < -0.3 is 5.32 Å². The van der Waals surface area contributed by atoms with Crippen LogP contribution in [-0.4, -0.2) is 17.4 Å². The molecule has 0 saturated heterocycles. The normalized spacial score (nSPS) is 10.5. The highest BCUT2D eigenvalue weighted by Gasteiger charge is 2.15. The van der Waals surface area contributed by atoms with Crippen LogP contribution in [0.3, 0.4) is 0 Å². The summed E-state index contributed by atoms with van der Waals surface area (Å²) < 4.78 is 0.555. The minimum Gasteiger partial charge on any atom is -0.352 e. The molecule has 0 radical (unpaired) electrons. The Labute approximate surface area is 120 Å². The molecule has 0 aliphatic heterocycles. The molecule has 1 rings (SSSR count). The molecule has 1 aromatic rings. The number of nitro groups is 1. The van der Waals surface area contributed by atoms with Gasteiger partial charge in [-0.3, -0.25) is 14.9 Å². The van der Waals surface area contributed by atoms with Crippen molar-refractivity contribution in [2.24, 2.45) is 5.92 Å². The van der Waals surface area contributed by atoms with E-state index in [0.29, 0.717) is 22.5 Å². The summed E-state index contributed by atoms with van der Waals surface area (Å²) in [5.41, 5.74) is 0.203. The van der Waals surface area contributed by atoms with Crippen LogP contribution in [0.2, 0.25) is 0 Å². The van der Waals surface area contributed by atoms with Crippen LogP contribution in [0.25, 0.3) is 0 Å². The molecule has 6 heteroatoms. The van der Waals surface area contributed by atoms with Crippen molar-refractivity contribution in [2.75, 3.05) is 6.54 Å². The van der Waals surface area contributed by atoms with E-state index in [1.165, 1.54) is 18.2 Å². The van der Waals surface area contributed by atoms with Gasteiger partial charge in [0, 0.05) is 23.2 Å². The number of nitrogens with one attached hydrogen (secondary N) is 1. The summed E-state index contributed by atoms with van der Waals surface area (Å²) in [6.07, 6.45) is 1.94. The lowest BCUT2D eigenvalue weighted by atomic mass is 10.1. The lowest BCUT2D eigenvalue weighted by molar-refractivity contribution is -0.384. The zero-order valence-corrected chi connectivity index (χ0v) is 12.6. The Morgan fingerprint density at radius 3 is 2.74 bits per heavy atom. The average Bonchev–Trinajstić information content (AvgIpc) is 2.34. The molecule has 5 nitrogen and oxygen atoms in total. The molecule has 19 heavy (non-hydrogen) atoms. The molecule has 0 aliphatic carbocycles. The fraction of sp³-hybridized carbons (Fsp3) is 0.462. The first-order chi connectivity index (χ1) is 8.91. The van der Waals surface area contributed by atoms with E-state index in [-0.39, 0.29) is 11.6 Å². The molecule has 1 aromatic carbocycles. The number of rotatable bonds is 6.